The minimum Gasteiger partial charge on any atom is -0.361 e. The average molecular weight is 329 g/mol. The van der Waals surface area contributed by atoms with E-state index in [9.17, 15) is 9.59 Å². The number of aromatic nitrogens is 2. The first-order valence-electron chi connectivity index (χ1n) is 7.62. The number of thiazole rings is 1. The van der Waals surface area contributed by atoms with Gasteiger partial charge in [-0.15, -0.1) is 0 Å². The van der Waals surface area contributed by atoms with Crippen LogP contribution in [0.5, 0.6) is 0 Å². The summed E-state index contributed by atoms with van der Waals surface area (Å²) in [6.07, 6.45) is 3.10. The second kappa shape index (κ2) is 6.83. The number of nitrogens with one attached hydrogen (secondary N) is 2. The summed E-state index contributed by atoms with van der Waals surface area (Å²) in [6.45, 7) is 2.91. The Labute approximate surface area is 138 Å². The second-order valence-electron chi connectivity index (χ2n) is 5.50. The maximum absolute atomic E-state index is 11.9. The Morgan fingerprint density at radius 1 is 1.35 bits per heavy atom. The summed E-state index contributed by atoms with van der Waals surface area (Å²) in [5.74, 6) is -0.0256. The van der Waals surface area contributed by atoms with Gasteiger partial charge in [-0.2, -0.15) is 0 Å². The van der Waals surface area contributed by atoms with Gasteiger partial charge in [0.05, 0.1) is 0 Å². The summed E-state index contributed by atoms with van der Waals surface area (Å²) < 4.78 is 1.64. The number of hydrogen-bond acceptors (Lipinski definition) is 3. The molecule has 23 heavy (non-hydrogen) atoms. The maximum atomic E-state index is 11.9. The predicted molar refractivity (Wildman–Crippen MR) is 92.9 cm³/mol. The van der Waals surface area contributed by atoms with Crippen LogP contribution < -0.4 is 10.2 Å². The van der Waals surface area contributed by atoms with Crippen molar-refractivity contribution in [2.45, 2.75) is 26.3 Å². The van der Waals surface area contributed by atoms with Crippen LogP contribution in [0.15, 0.2) is 40.6 Å². The molecule has 2 N–H and O–H groups in total. The summed E-state index contributed by atoms with van der Waals surface area (Å²) in [5.41, 5.74) is 3.22. The van der Waals surface area contributed by atoms with E-state index in [2.05, 4.69) is 16.4 Å². The maximum Gasteiger partial charge on any atom is 0.307 e. The van der Waals surface area contributed by atoms with Crippen molar-refractivity contribution >= 4 is 28.1 Å². The number of fused-ring (bicyclic) bond motifs is 1. The Morgan fingerprint density at radius 2 is 2.17 bits per heavy atom. The van der Waals surface area contributed by atoms with Gasteiger partial charge in [-0.25, -0.2) is 0 Å². The van der Waals surface area contributed by atoms with Crippen molar-refractivity contribution in [3.63, 3.8) is 0 Å². The molecule has 0 aliphatic rings. The number of H-pyrrole nitrogens is 1. The fraction of sp³-hybridized carbons (Fsp3) is 0.294. The predicted octanol–water partition coefficient (Wildman–Crippen LogP) is 2.45. The summed E-state index contributed by atoms with van der Waals surface area (Å²) in [6, 6.07) is 8.13. The standard InChI is InChI=1S/C17H19N3O2S/c1-12-11-23-17(22)20(12)9-7-16(21)18-8-6-13-10-19-15-5-3-2-4-14(13)15/h2-5,10-11,19H,6-9H2,1H3,(H,18,21). The molecule has 0 bridgehead atoms. The molecule has 0 saturated heterocycles. The number of rotatable bonds is 6. The highest BCUT2D eigenvalue weighted by Gasteiger charge is 2.07. The Kier molecular flexibility index (Phi) is 4.62. The zero-order chi connectivity index (χ0) is 16.2. The van der Waals surface area contributed by atoms with E-state index in [1.165, 1.54) is 22.3 Å². The van der Waals surface area contributed by atoms with Crippen molar-refractivity contribution in [2.24, 2.45) is 0 Å². The first kappa shape index (κ1) is 15.6. The van der Waals surface area contributed by atoms with Crippen LogP contribution in [0, 0.1) is 6.92 Å². The van der Waals surface area contributed by atoms with Gasteiger partial charge >= 0.3 is 4.87 Å². The van der Waals surface area contributed by atoms with Crippen molar-refractivity contribution < 1.29 is 4.79 Å². The quantitative estimate of drug-likeness (QED) is 0.729. The molecular formula is C17H19N3O2S. The molecular weight excluding hydrogens is 310 g/mol. The van der Waals surface area contributed by atoms with Crippen molar-refractivity contribution in [3.05, 3.63) is 56.8 Å². The van der Waals surface area contributed by atoms with Crippen molar-refractivity contribution in [3.8, 4) is 0 Å². The Morgan fingerprint density at radius 3 is 2.96 bits per heavy atom. The van der Waals surface area contributed by atoms with E-state index < -0.39 is 0 Å². The summed E-state index contributed by atoms with van der Waals surface area (Å²) in [5, 5.41) is 5.94. The van der Waals surface area contributed by atoms with Crippen LogP contribution in [-0.4, -0.2) is 22.0 Å². The molecule has 1 aromatic carbocycles. The highest BCUT2D eigenvalue weighted by molar-refractivity contribution is 7.07. The molecule has 0 spiro atoms. The molecule has 5 nitrogen and oxygen atoms in total. The van der Waals surface area contributed by atoms with E-state index in [0.717, 1.165) is 17.6 Å². The summed E-state index contributed by atoms with van der Waals surface area (Å²) in [4.78, 5) is 26.7. The first-order valence-corrected chi connectivity index (χ1v) is 8.50. The Hall–Kier alpha value is -2.34. The molecule has 2 heterocycles. The third-order valence-electron chi connectivity index (χ3n) is 3.93. The van der Waals surface area contributed by atoms with Gasteiger partial charge in [0.1, 0.15) is 0 Å². The Bertz CT molecular complexity index is 875. The topological polar surface area (TPSA) is 66.9 Å². The van der Waals surface area contributed by atoms with Crippen molar-refractivity contribution in [1.29, 1.82) is 0 Å². The molecule has 1 amide bonds. The van der Waals surface area contributed by atoms with Gasteiger partial charge in [-0.3, -0.25) is 9.59 Å². The molecule has 0 aliphatic heterocycles. The van der Waals surface area contributed by atoms with E-state index in [-0.39, 0.29) is 10.8 Å². The number of benzene rings is 1. The van der Waals surface area contributed by atoms with E-state index >= 15 is 0 Å². The molecule has 0 radical (unpaired) electrons. The third-order valence-corrected chi connectivity index (χ3v) is 4.81. The molecule has 0 unspecified atom stereocenters. The number of carbonyl (C=O) groups is 1. The van der Waals surface area contributed by atoms with E-state index in [4.69, 9.17) is 0 Å². The fourth-order valence-corrected chi connectivity index (χ4v) is 3.41. The summed E-state index contributed by atoms with van der Waals surface area (Å²) >= 11 is 1.17. The lowest BCUT2D eigenvalue weighted by Crippen LogP contribution is -2.28. The van der Waals surface area contributed by atoms with E-state index in [1.54, 1.807) is 4.57 Å². The lowest BCUT2D eigenvalue weighted by molar-refractivity contribution is -0.121. The van der Waals surface area contributed by atoms with Crippen LogP contribution >= 0.6 is 11.3 Å². The molecule has 0 saturated carbocycles. The molecule has 120 valence electrons. The number of para-hydroxylation sites is 1. The van der Waals surface area contributed by atoms with Crippen LogP contribution in [0.4, 0.5) is 0 Å². The lowest BCUT2D eigenvalue weighted by Gasteiger charge is -2.06. The smallest absolute Gasteiger partial charge is 0.307 e. The van der Waals surface area contributed by atoms with Crippen LogP contribution in [0.2, 0.25) is 0 Å². The molecule has 0 fully saturated rings. The van der Waals surface area contributed by atoms with Crippen LogP contribution in [0.1, 0.15) is 17.7 Å². The van der Waals surface area contributed by atoms with E-state index in [1.807, 2.05) is 36.7 Å². The summed E-state index contributed by atoms with van der Waals surface area (Å²) in [7, 11) is 0. The average Bonchev–Trinajstić information content (AvgIpc) is 3.10. The van der Waals surface area contributed by atoms with Gasteiger partial charge in [-0.05, 0) is 25.0 Å². The monoisotopic (exact) mass is 329 g/mol. The van der Waals surface area contributed by atoms with Crippen LogP contribution in [0.3, 0.4) is 0 Å². The van der Waals surface area contributed by atoms with Gasteiger partial charge in [-0.1, -0.05) is 29.5 Å². The van der Waals surface area contributed by atoms with E-state index in [0.29, 0.717) is 19.5 Å². The Balaban J connectivity index is 1.49. The van der Waals surface area contributed by atoms with Crippen LogP contribution in [0.25, 0.3) is 10.9 Å². The number of aromatic amines is 1. The number of hydrogen-bond donors (Lipinski definition) is 2. The fourth-order valence-electron chi connectivity index (χ4n) is 2.65. The van der Waals surface area contributed by atoms with Gasteiger partial charge < -0.3 is 14.9 Å². The van der Waals surface area contributed by atoms with Crippen molar-refractivity contribution in [1.82, 2.24) is 14.9 Å². The largest absolute Gasteiger partial charge is 0.361 e. The SMILES string of the molecule is Cc1csc(=O)n1CCC(=O)NCCc1c[nH]c2ccccc12. The lowest BCUT2D eigenvalue weighted by atomic mass is 10.1. The number of nitrogens with zero attached hydrogens (tertiary/aromatic N) is 1. The highest BCUT2D eigenvalue weighted by Crippen LogP contribution is 2.17. The molecule has 3 rings (SSSR count). The van der Waals surface area contributed by atoms with Gasteiger partial charge in [0.25, 0.3) is 0 Å². The first-order chi connectivity index (χ1) is 11.1. The minimum absolute atomic E-state index is 0.00547. The molecule has 0 aliphatic carbocycles. The van der Waals surface area contributed by atoms with Crippen molar-refractivity contribution in [2.75, 3.05) is 6.54 Å². The number of carbonyl (C=O) groups excluding carboxylic acids is 1. The normalized spacial score (nSPS) is 11.0. The van der Waals surface area contributed by atoms with Gasteiger partial charge in [0.2, 0.25) is 5.91 Å². The molecule has 6 heteroatoms. The second-order valence-corrected chi connectivity index (χ2v) is 6.32. The minimum atomic E-state index is -0.0256. The molecule has 2 aromatic heterocycles. The zero-order valence-corrected chi connectivity index (χ0v) is 13.8. The van der Waals surface area contributed by atoms with Crippen LogP contribution in [-0.2, 0) is 17.8 Å². The third kappa shape index (κ3) is 3.53. The van der Waals surface area contributed by atoms with Gasteiger partial charge in [0, 0.05) is 47.7 Å². The molecule has 0 atom stereocenters. The zero-order valence-electron chi connectivity index (χ0n) is 13.0. The molecule has 3 aromatic rings. The van der Waals surface area contributed by atoms with Gasteiger partial charge in [0.15, 0.2) is 0 Å². The number of amides is 1. The highest BCUT2D eigenvalue weighted by atomic mass is 32.1. The number of aryl methyl sites for hydroxylation is 1.